The molecule has 8 heteroatoms. The zero-order valence-electron chi connectivity index (χ0n) is 20.6. The van der Waals surface area contributed by atoms with E-state index in [9.17, 15) is 9.90 Å². The van der Waals surface area contributed by atoms with Gasteiger partial charge in [-0.1, -0.05) is 35.0 Å². The Morgan fingerprint density at radius 2 is 2.00 bits per heavy atom. The summed E-state index contributed by atoms with van der Waals surface area (Å²) in [7, 11) is 1.58. The van der Waals surface area contributed by atoms with E-state index in [0.717, 1.165) is 29.4 Å². The maximum Gasteiger partial charge on any atom is 0.303 e. The number of carboxylic acid groups (broad SMARTS) is 1. The number of hydrogen-bond donors (Lipinski definition) is 1. The molecule has 3 atom stereocenters. The van der Waals surface area contributed by atoms with Crippen molar-refractivity contribution in [3.05, 3.63) is 69.8 Å². The lowest BCUT2D eigenvalue weighted by atomic mass is 9.79. The summed E-state index contributed by atoms with van der Waals surface area (Å²) in [5.41, 5.74) is 2.05. The first-order valence-corrected chi connectivity index (χ1v) is 13.0. The number of benzene rings is 2. The number of alkyl halides is 1. The molecule has 1 aliphatic rings. The van der Waals surface area contributed by atoms with Gasteiger partial charge in [0.05, 0.1) is 19.2 Å². The molecule has 2 heterocycles. The van der Waals surface area contributed by atoms with Crippen LogP contribution in [0.25, 0.3) is 10.9 Å². The standard InChI is InChI=1S/C29H29Cl2FN2O3/c1-37-24-5-7-28-26(17-24)25(8-10-33-28)27(32)6-4-20-9-12-34(18-21(20)15-29(35)36)11-2-3-19-13-22(30)16-23(31)14-19/h5,7-8,10,13-14,16-17,20-21,27H,4,6,9,11-12,15,18H2,1H3,(H,35,36)/t20-,21+,27+/m1/s1. The third kappa shape index (κ3) is 7.35. The Bertz CT molecular complexity index is 1300. The molecule has 0 radical (unpaired) electrons. The fourth-order valence-corrected chi connectivity index (χ4v) is 5.60. The number of piperidine rings is 1. The summed E-state index contributed by atoms with van der Waals surface area (Å²) in [5.74, 6) is 6.12. The van der Waals surface area contributed by atoms with E-state index in [-0.39, 0.29) is 18.3 Å². The lowest BCUT2D eigenvalue weighted by molar-refractivity contribution is -0.139. The Balaban J connectivity index is 1.39. The second kappa shape index (κ2) is 12.6. The molecule has 0 saturated carbocycles. The molecule has 0 aliphatic carbocycles. The van der Waals surface area contributed by atoms with Crippen LogP contribution in [0.4, 0.5) is 4.39 Å². The average molecular weight is 543 g/mol. The topological polar surface area (TPSA) is 62.7 Å². The zero-order chi connectivity index (χ0) is 26.4. The summed E-state index contributed by atoms with van der Waals surface area (Å²) >= 11 is 12.1. The highest BCUT2D eigenvalue weighted by molar-refractivity contribution is 6.34. The summed E-state index contributed by atoms with van der Waals surface area (Å²) in [6.07, 6.45) is 2.27. The summed E-state index contributed by atoms with van der Waals surface area (Å²) in [6, 6.07) is 12.3. The van der Waals surface area contributed by atoms with Gasteiger partial charge in [0.2, 0.25) is 0 Å². The highest BCUT2D eigenvalue weighted by Gasteiger charge is 2.31. The zero-order valence-corrected chi connectivity index (χ0v) is 22.1. The van der Waals surface area contributed by atoms with E-state index in [0.29, 0.717) is 47.3 Å². The number of fused-ring (bicyclic) bond motifs is 1. The van der Waals surface area contributed by atoms with Crippen LogP contribution in [0.3, 0.4) is 0 Å². The van der Waals surface area contributed by atoms with Crippen molar-refractivity contribution in [1.82, 2.24) is 9.88 Å². The Morgan fingerprint density at radius 3 is 2.73 bits per heavy atom. The lowest BCUT2D eigenvalue weighted by Gasteiger charge is -2.37. The number of pyridine rings is 1. The minimum atomic E-state index is -1.17. The molecular formula is C29H29Cl2FN2O3. The minimum Gasteiger partial charge on any atom is -0.497 e. The summed E-state index contributed by atoms with van der Waals surface area (Å²) < 4.78 is 20.8. The van der Waals surface area contributed by atoms with Crippen LogP contribution in [0.1, 0.15) is 43.0 Å². The number of aromatic nitrogens is 1. The first-order valence-electron chi connectivity index (χ1n) is 12.3. The molecule has 1 aromatic heterocycles. The molecule has 3 aromatic rings. The number of nitrogens with zero attached hydrogens (tertiary/aromatic N) is 2. The van der Waals surface area contributed by atoms with Gasteiger partial charge in [0, 0.05) is 40.2 Å². The second-order valence-electron chi connectivity index (χ2n) is 9.43. The van der Waals surface area contributed by atoms with Crippen LogP contribution in [0, 0.1) is 23.7 Å². The molecule has 2 aromatic carbocycles. The van der Waals surface area contributed by atoms with E-state index in [1.807, 2.05) is 18.2 Å². The fourth-order valence-electron chi connectivity index (χ4n) is 5.08. The van der Waals surface area contributed by atoms with Crippen molar-refractivity contribution in [2.45, 2.75) is 31.9 Å². The maximum absolute atomic E-state index is 15.5. The molecule has 1 fully saturated rings. The van der Waals surface area contributed by atoms with Gasteiger partial charge in [0.15, 0.2) is 0 Å². The van der Waals surface area contributed by atoms with Crippen LogP contribution in [0.5, 0.6) is 5.75 Å². The van der Waals surface area contributed by atoms with Gasteiger partial charge in [0.25, 0.3) is 0 Å². The summed E-state index contributed by atoms with van der Waals surface area (Å²) in [6.45, 7) is 1.93. The maximum atomic E-state index is 15.5. The van der Waals surface area contributed by atoms with Crippen molar-refractivity contribution < 1.29 is 19.0 Å². The molecule has 0 amide bonds. The second-order valence-corrected chi connectivity index (χ2v) is 10.3. The monoisotopic (exact) mass is 542 g/mol. The SMILES string of the molecule is COc1ccc2nccc([C@@H](F)CC[C@@H]3CCN(CC#Cc4cc(Cl)cc(Cl)c4)C[C@@H]3CC(=O)O)c2c1. The molecule has 0 spiro atoms. The number of likely N-dealkylation sites (tertiary alicyclic amines) is 1. The van der Waals surface area contributed by atoms with Gasteiger partial charge < -0.3 is 9.84 Å². The Kier molecular flexibility index (Phi) is 9.26. The number of carbonyl (C=O) groups is 1. The number of hydrogen-bond acceptors (Lipinski definition) is 4. The highest BCUT2D eigenvalue weighted by Crippen LogP contribution is 2.36. The van der Waals surface area contributed by atoms with Gasteiger partial charge in [-0.15, -0.1) is 0 Å². The van der Waals surface area contributed by atoms with Crippen LogP contribution in [-0.4, -0.2) is 47.7 Å². The third-order valence-corrected chi connectivity index (χ3v) is 7.36. The molecule has 5 nitrogen and oxygen atoms in total. The predicted molar refractivity (Wildman–Crippen MR) is 145 cm³/mol. The smallest absolute Gasteiger partial charge is 0.303 e. The minimum absolute atomic E-state index is 0.0601. The lowest BCUT2D eigenvalue weighted by Crippen LogP contribution is -2.41. The van der Waals surface area contributed by atoms with Crippen LogP contribution < -0.4 is 4.74 Å². The molecule has 0 unspecified atom stereocenters. The van der Waals surface area contributed by atoms with Crippen molar-refractivity contribution in [1.29, 1.82) is 0 Å². The first kappa shape index (κ1) is 27.2. The Morgan fingerprint density at radius 1 is 1.22 bits per heavy atom. The average Bonchev–Trinajstić information content (AvgIpc) is 2.86. The molecule has 1 aliphatic heterocycles. The van der Waals surface area contributed by atoms with Gasteiger partial charge in [-0.2, -0.15) is 0 Å². The van der Waals surface area contributed by atoms with Crippen molar-refractivity contribution in [2.24, 2.45) is 11.8 Å². The highest BCUT2D eigenvalue weighted by atomic mass is 35.5. The van der Waals surface area contributed by atoms with E-state index in [1.54, 1.807) is 37.6 Å². The van der Waals surface area contributed by atoms with Crippen LogP contribution in [-0.2, 0) is 4.79 Å². The van der Waals surface area contributed by atoms with E-state index in [2.05, 4.69) is 21.7 Å². The Hall–Kier alpha value is -2.85. The van der Waals surface area contributed by atoms with Crippen molar-refractivity contribution in [3.8, 4) is 17.6 Å². The van der Waals surface area contributed by atoms with Gasteiger partial charge in [-0.3, -0.25) is 14.7 Å². The summed E-state index contributed by atoms with van der Waals surface area (Å²) in [4.78, 5) is 18.1. The molecule has 37 heavy (non-hydrogen) atoms. The third-order valence-electron chi connectivity index (χ3n) is 6.92. The fraction of sp³-hybridized carbons (Fsp3) is 0.379. The number of carboxylic acids is 1. The van der Waals surface area contributed by atoms with Crippen molar-refractivity contribution >= 4 is 40.1 Å². The van der Waals surface area contributed by atoms with E-state index >= 15 is 4.39 Å². The summed E-state index contributed by atoms with van der Waals surface area (Å²) in [5, 5.41) is 11.3. The van der Waals surface area contributed by atoms with Gasteiger partial charge in [-0.25, -0.2) is 4.39 Å². The van der Waals surface area contributed by atoms with Gasteiger partial charge >= 0.3 is 5.97 Å². The van der Waals surface area contributed by atoms with Crippen molar-refractivity contribution in [2.75, 3.05) is 26.7 Å². The first-order chi connectivity index (χ1) is 17.8. The van der Waals surface area contributed by atoms with Gasteiger partial charge in [0.1, 0.15) is 11.9 Å². The van der Waals surface area contributed by atoms with Crippen molar-refractivity contribution in [3.63, 3.8) is 0 Å². The van der Waals surface area contributed by atoms with Gasteiger partial charge in [-0.05, 0) is 85.7 Å². The van der Waals surface area contributed by atoms with Crippen LogP contribution >= 0.6 is 23.2 Å². The molecule has 1 saturated heterocycles. The quantitative estimate of drug-likeness (QED) is 0.317. The molecule has 1 N–H and O–H groups in total. The number of methoxy groups -OCH3 is 1. The predicted octanol–water partition coefficient (Wildman–Crippen LogP) is 6.81. The van der Waals surface area contributed by atoms with Crippen LogP contribution in [0.2, 0.25) is 10.0 Å². The molecular weight excluding hydrogens is 514 g/mol. The molecule has 194 valence electrons. The molecule has 0 bridgehead atoms. The number of ether oxygens (including phenoxy) is 1. The number of halogens is 3. The van der Waals surface area contributed by atoms with E-state index < -0.39 is 12.1 Å². The van der Waals surface area contributed by atoms with E-state index in [1.165, 1.54) is 0 Å². The van der Waals surface area contributed by atoms with Crippen LogP contribution in [0.15, 0.2) is 48.7 Å². The number of rotatable bonds is 8. The molecule has 4 rings (SSSR count). The Labute approximate surface area is 226 Å². The van der Waals surface area contributed by atoms with E-state index in [4.69, 9.17) is 27.9 Å². The normalized spacial score (nSPS) is 18.7. The largest absolute Gasteiger partial charge is 0.497 e. The number of aliphatic carboxylic acids is 1.